The fraction of sp³-hybridized carbons (Fsp3) is 0.524. The second-order valence-electron chi connectivity index (χ2n) is 7.24. The zero-order valence-electron chi connectivity index (χ0n) is 14.1. The molecule has 0 aliphatic heterocycles. The summed E-state index contributed by atoms with van der Waals surface area (Å²) in [6.07, 6.45) is 10.8. The molecule has 1 saturated carbocycles. The van der Waals surface area contributed by atoms with Crippen LogP contribution in [0.5, 0.6) is 0 Å². The topological polar surface area (TPSA) is 4.93 Å². The molecule has 2 aromatic rings. The van der Waals surface area contributed by atoms with Crippen LogP contribution in [0.3, 0.4) is 0 Å². The maximum absolute atomic E-state index is 2.50. The molecule has 1 aromatic carbocycles. The van der Waals surface area contributed by atoms with Crippen LogP contribution in [-0.4, -0.2) is 4.57 Å². The molecule has 0 spiro atoms. The lowest BCUT2D eigenvalue weighted by molar-refractivity contribution is 0.351. The highest BCUT2D eigenvalue weighted by Crippen LogP contribution is 2.29. The predicted molar refractivity (Wildman–Crippen MR) is 94.3 cm³/mol. The van der Waals surface area contributed by atoms with Gasteiger partial charge in [-0.3, -0.25) is 0 Å². The van der Waals surface area contributed by atoms with E-state index in [2.05, 4.69) is 61.0 Å². The minimum Gasteiger partial charge on any atom is -0.347 e. The van der Waals surface area contributed by atoms with E-state index in [1.807, 2.05) is 0 Å². The van der Waals surface area contributed by atoms with E-state index in [1.165, 1.54) is 49.7 Å². The molecule has 0 radical (unpaired) electrons. The number of hydrogen-bond acceptors (Lipinski definition) is 0. The number of benzene rings is 1. The van der Waals surface area contributed by atoms with Crippen molar-refractivity contribution < 1.29 is 0 Å². The molecular weight excluding hydrogens is 266 g/mol. The van der Waals surface area contributed by atoms with E-state index in [-0.39, 0.29) is 0 Å². The van der Waals surface area contributed by atoms with Crippen LogP contribution in [0, 0.1) is 5.92 Å². The Kier molecular flexibility index (Phi) is 5.02. The molecule has 0 N–H and O–H groups in total. The molecule has 1 aromatic heterocycles. The third-order valence-electron chi connectivity index (χ3n) is 5.09. The van der Waals surface area contributed by atoms with Gasteiger partial charge < -0.3 is 4.57 Å². The van der Waals surface area contributed by atoms with Gasteiger partial charge in [0.15, 0.2) is 0 Å². The summed E-state index contributed by atoms with van der Waals surface area (Å²) in [5.74, 6) is 1.51. The normalized spacial score (nSPS) is 16.3. The molecule has 0 saturated heterocycles. The molecule has 1 aliphatic rings. The lowest BCUT2D eigenvalue weighted by Gasteiger charge is -2.22. The second-order valence-corrected chi connectivity index (χ2v) is 7.24. The highest BCUT2D eigenvalue weighted by atomic mass is 15.0. The summed E-state index contributed by atoms with van der Waals surface area (Å²) in [4.78, 5) is 0. The SMILES string of the molecule is CC(C)c1cc(CC2CCCCC2)n(Cc2ccccc2)c1. The van der Waals surface area contributed by atoms with Crippen molar-refractivity contribution in [2.45, 2.75) is 64.8 Å². The molecule has 0 amide bonds. The average molecular weight is 295 g/mol. The minimum absolute atomic E-state index is 0.613. The van der Waals surface area contributed by atoms with E-state index in [4.69, 9.17) is 0 Å². The summed E-state index contributed by atoms with van der Waals surface area (Å²) < 4.78 is 2.50. The third kappa shape index (κ3) is 3.82. The number of rotatable bonds is 5. The van der Waals surface area contributed by atoms with Gasteiger partial charge in [-0.1, -0.05) is 76.3 Å². The Morgan fingerprint density at radius 3 is 2.45 bits per heavy atom. The van der Waals surface area contributed by atoms with E-state index >= 15 is 0 Å². The van der Waals surface area contributed by atoms with Gasteiger partial charge in [-0.05, 0) is 35.4 Å². The maximum Gasteiger partial charge on any atom is 0.0472 e. The largest absolute Gasteiger partial charge is 0.347 e. The van der Waals surface area contributed by atoms with Crippen molar-refractivity contribution in [1.29, 1.82) is 0 Å². The van der Waals surface area contributed by atoms with Gasteiger partial charge in [0.05, 0.1) is 0 Å². The van der Waals surface area contributed by atoms with Gasteiger partial charge in [-0.2, -0.15) is 0 Å². The first-order valence-electron chi connectivity index (χ1n) is 8.95. The van der Waals surface area contributed by atoms with Gasteiger partial charge in [0.1, 0.15) is 0 Å². The zero-order valence-corrected chi connectivity index (χ0v) is 14.1. The Morgan fingerprint density at radius 2 is 1.77 bits per heavy atom. The first-order chi connectivity index (χ1) is 10.7. The molecule has 1 heterocycles. The van der Waals surface area contributed by atoms with Gasteiger partial charge in [-0.25, -0.2) is 0 Å². The molecule has 3 rings (SSSR count). The second kappa shape index (κ2) is 7.17. The molecule has 0 atom stereocenters. The summed E-state index contributed by atoms with van der Waals surface area (Å²) >= 11 is 0. The summed E-state index contributed by atoms with van der Waals surface area (Å²) in [5.41, 5.74) is 4.43. The van der Waals surface area contributed by atoms with Crippen LogP contribution < -0.4 is 0 Å². The summed E-state index contributed by atoms with van der Waals surface area (Å²) in [6, 6.07) is 13.3. The first kappa shape index (κ1) is 15.4. The van der Waals surface area contributed by atoms with Gasteiger partial charge >= 0.3 is 0 Å². The third-order valence-corrected chi connectivity index (χ3v) is 5.09. The van der Waals surface area contributed by atoms with E-state index in [0.717, 1.165) is 12.5 Å². The average Bonchev–Trinajstić information content (AvgIpc) is 2.92. The number of nitrogens with zero attached hydrogens (tertiary/aromatic N) is 1. The zero-order chi connectivity index (χ0) is 15.4. The Hall–Kier alpha value is -1.50. The fourth-order valence-corrected chi connectivity index (χ4v) is 3.68. The molecule has 1 heteroatoms. The van der Waals surface area contributed by atoms with E-state index in [1.54, 1.807) is 5.69 Å². The van der Waals surface area contributed by atoms with Crippen LogP contribution >= 0.6 is 0 Å². The molecule has 22 heavy (non-hydrogen) atoms. The lowest BCUT2D eigenvalue weighted by Crippen LogP contribution is -2.12. The van der Waals surface area contributed by atoms with Crippen LogP contribution in [-0.2, 0) is 13.0 Å². The van der Waals surface area contributed by atoms with Crippen molar-refractivity contribution >= 4 is 0 Å². The van der Waals surface area contributed by atoms with Crippen LogP contribution in [0.1, 0.15) is 68.7 Å². The van der Waals surface area contributed by atoms with Crippen molar-refractivity contribution in [3.05, 3.63) is 59.4 Å². The standard InChI is InChI=1S/C21H29N/c1-17(2)20-14-21(13-18-9-5-3-6-10-18)22(16-20)15-19-11-7-4-8-12-19/h4,7-8,11-12,14,16-18H,3,5-6,9-10,13,15H2,1-2H3. The summed E-state index contributed by atoms with van der Waals surface area (Å²) in [6.45, 7) is 5.61. The van der Waals surface area contributed by atoms with Crippen LogP contribution in [0.25, 0.3) is 0 Å². The van der Waals surface area contributed by atoms with Crippen LogP contribution in [0.15, 0.2) is 42.6 Å². The molecule has 0 bridgehead atoms. The van der Waals surface area contributed by atoms with Gasteiger partial charge in [0.2, 0.25) is 0 Å². The van der Waals surface area contributed by atoms with Gasteiger partial charge in [-0.15, -0.1) is 0 Å². The predicted octanol–water partition coefficient (Wildman–Crippen LogP) is 5.78. The van der Waals surface area contributed by atoms with Crippen molar-refractivity contribution in [1.82, 2.24) is 4.57 Å². The fourth-order valence-electron chi connectivity index (χ4n) is 3.68. The Balaban J connectivity index is 1.80. The quantitative estimate of drug-likeness (QED) is 0.658. The van der Waals surface area contributed by atoms with Gasteiger partial charge in [0.25, 0.3) is 0 Å². The Labute approximate surface area is 135 Å². The smallest absolute Gasteiger partial charge is 0.0472 e. The van der Waals surface area contributed by atoms with Crippen molar-refractivity contribution in [2.24, 2.45) is 5.92 Å². The molecule has 1 nitrogen and oxygen atoms in total. The Bertz CT molecular complexity index is 573. The highest BCUT2D eigenvalue weighted by molar-refractivity contribution is 5.25. The summed E-state index contributed by atoms with van der Waals surface area (Å²) in [7, 11) is 0. The highest BCUT2D eigenvalue weighted by Gasteiger charge is 2.17. The van der Waals surface area contributed by atoms with Crippen molar-refractivity contribution in [2.75, 3.05) is 0 Å². The lowest BCUT2D eigenvalue weighted by atomic mass is 9.86. The minimum atomic E-state index is 0.613. The van der Waals surface area contributed by atoms with E-state index < -0.39 is 0 Å². The van der Waals surface area contributed by atoms with Crippen LogP contribution in [0.4, 0.5) is 0 Å². The molecule has 1 fully saturated rings. The molecule has 0 unspecified atom stereocenters. The van der Waals surface area contributed by atoms with Crippen molar-refractivity contribution in [3.63, 3.8) is 0 Å². The van der Waals surface area contributed by atoms with Crippen molar-refractivity contribution in [3.8, 4) is 0 Å². The monoisotopic (exact) mass is 295 g/mol. The van der Waals surface area contributed by atoms with E-state index in [9.17, 15) is 0 Å². The molecule has 1 aliphatic carbocycles. The first-order valence-corrected chi connectivity index (χ1v) is 8.95. The Morgan fingerprint density at radius 1 is 1.05 bits per heavy atom. The van der Waals surface area contributed by atoms with Crippen LogP contribution in [0.2, 0.25) is 0 Å². The van der Waals surface area contributed by atoms with E-state index in [0.29, 0.717) is 5.92 Å². The molecular formula is C21H29N. The maximum atomic E-state index is 2.50. The van der Waals surface area contributed by atoms with Gasteiger partial charge in [0, 0.05) is 18.4 Å². The number of hydrogen-bond donors (Lipinski definition) is 0. The molecule has 118 valence electrons. The number of aromatic nitrogens is 1. The summed E-state index contributed by atoms with van der Waals surface area (Å²) in [5, 5.41) is 0.